The highest BCUT2D eigenvalue weighted by Gasteiger charge is 2.42. The molecule has 5 heteroatoms. The Bertz CT molecular complexity index is 538. The number of carbonyl (C=O) groups excluding carboxylic acids is 2. The van der Waals surface area contributed by atoms with Gasteiger partial charge in [-0.05, 0) is 59.7 Å². The molecule has 1 saturated carbocycles. The van der Waals surface area contributed by atoms with Gasteiger partial charge in [0.25, 0.3) is 5.91 Å². The van der Waals surface area contributed by atoms with Crippen molar-refractivity contribution in [3.63, 3.8) is 0 Å². The number of halogens is 1. The summed E-state index contributed by atoms with van der Waals surface area (Å²) in [4.78, 5) is 26.3. The summed E-state index contributed by atoms with van der Waals surface area (Å²) in [5.41, 5.74) is 0.895. The summed E-state index contributed by atoms with van der Waals surface area (Å²) in [5, 5.41) is 3.20. The first-order valence-corrected chi connectivity index (χ1v) is 8.61. The minimum absolute atomic E-state index is 0.0186. The lowest BCUT2D eigenvalue weighted by Crippen LogP contribution is -2.43. The van der Waals surface area contributed by atoms with Gasteiger partial charge in [0.1, 0.15) is 6.04 Å². The number of likely N-dealkylation sites (tertiary alicyclic amines) is 1. The smallest absolute Gasteiger partial charge is 0.252 e. The van der Waals surface area contributed by atoms with Gasteiger partial charge in [0.2, 0.25) is 5.91 Å². The van der Waals surface area contributed by atoms with E-state index in [4.69, 9.17) is 0 Å². The first-order valence-electron chi connectivity index (χ1n) is 7.53. The van der Waals surface area contributed by atoms with Crippen LogP contribution >= 0.6 is 22.6 Å². The molecule has 2 aliphatic rings. The van der Waals surface area contributed by atoms with Crippen LogP contribution in [0.5, 0.6) is 0 Å². The normalized spacial score (nSPS) is 23.7. The number of amides is 2. The fourth-order valence-corrected chi connectivity index (χ4v) is 3.59. The Kier molecular flexibility index (Phi) is 4.47. The van der Waals surface area contributed by atoms with Crippen molar-refractivity contribution in [3.8, 4) is 0 Å². The number of hydrogen-bond acceptors (Lipinski definition) is 3. The van der Waals surface area contributed by atoms with Crippen LogP contribution in [-0.2, 0) is 9.59 Å². The molecule has 1 saturated heterocycles. The van der Waals surface area contributed by atoms with Gasteiger partial charge >= 0.3 is 0 Å². The fraction of sp³-hybridized carbons (Fsp3) is 0.500. The Hall–Kier alpha value is -1.11. The van der Waals surface area contributed by atoms with Crippen LogP contribution in [0.2, 0.25) is 0 Å². The highest BCUT2D eigenvalue weighted by molar-refractivity contribution is 14.1. The summed E-state index contributed by atoms with van der Waals surface area (Å²) in [5.74, 6) is -0.0691. The van der Waals surface area contributed by atoms with Gasteiger partial charge in [0.15, 0.2) is 0 Å². The number of hydrogen-bond donors (Lipinski definition) is 1. The molecule has 2 amide bonds. The molecular formula is C16H19IN2O2. The lowest BCUT2D eigenvalue weighted by Gasteiger charge is -2.29. The summed E-state index contributed by atoms with van der Waals surface area (Å²) in [6.07, 6.45) is 5.67. The number of benzene rings is 1. The molecular weight excluding hydrogens is 379 g/mol. The lowest BCUT2D eigenvalue weighted by atomic mass is 9.94. The van der Waals surface area contributed by atoms with E-state index in [1.807, 2.05) is 24.3 Å². The maximum Gasteiger partial charge on any atom is 0.252 e. The topological polar surface area (TPSA) is 49.4 Å². The van der Waals surface area contributed by atoms with E-state index in [1.54, 1.807) is 0 Å². The van der Waals surface area contributed by atoms with Gasteiger partial charge in [-0.1, -0.05) is 19.3 Å². The molecule has 0 bridgehead atoms. The second kappa shape index (κ2) is 6.34. The highest BCUT2D eigenvalue weighted by Crippen LogP contribution is 2.28. The van der Waals surface area contributed by atoms with E-state index in [0.29, 0.717) is 0 Å². The predicted octanol–water partition coefficient (Wildman–Crippen LogP) is 3.16. The van der Waals surface area contributed by atoms with Crippen LogP contribution in [0, 0.1) is 3.57 Å². The van der Waals surface area contributed by atoms with Crippen LogP contribution < -0.4 is 5.32 Å². The molecule has 1 aromatic carbocycles. The number of nitrogens with zero attached hydrogens (tertiary/aromatic N) is 1. The monoisotopic (exact) mass is 398 g/mol. The Balaban J connectivity index is 1.69. The highest BCUT2D eigenvalue weighted by atomic mass is 127. The van der Waals surface area contributed by atoms with E-state index < -0.39 is 6.04 Å². The first kappa shape index (κ1) is 14.8. The number of rotatable bonds is 3. The molecule has 1 aliphatic carbocycles. The van der Waals surface area contributed by atoms with Crippen LogP contribution in [0.3, 0.4) is 0 Å². The van der Waals surface area contributed by atoms with Gasteiger partial charge in [-0.25, -0.2) is 0 Å². The minimum atomic E-state index is -0.403. The predicted molar refractivity (Wildman–Crippen MR) is 89.9 cm³/mol. The van der Waals surface area contributed by atoms with Gasteiger partial charge < -0.3 is 5.32 Å². The Morgan fingerprint density at radius 1 is 1.05 bits per heavy atom. The van der Waals surface area contributed by atoms with Crippen molar-refractivity contribution in [2.45, 2.75) is 50.6 Å². The maximum atomic E-state index is 12.5. The van der Waals surface area contributed by atoms with Gasteiger partial charge in [0, 0.05) is 15.3 Å². The zero-order valence-electron chi connectivity index (χ0n) is 11.8. The van der Waals surface area contributed by atoms with Crippen LogP contribution in [0.4, 0.5) is 5.69 Å². The van der Waals surface area contributed by atoms with Crippen molar-refractivity contribution in [1.29, 1.82) is 0 Å². The Labute approximate surface area is 138 Å². The van der Waals surface area contributed by atoms with Crippen LogP contribution in [-0.4, -0.2) is 28.8 Å². The molecule has 0 radical (unpaired) electrons. The molecule has 0 aromatic heterocycles. The summed E-state index contributed by atoms with van der Waals surface area (Å²) < 4.78 is 1.15. The molecule has 21 heavy (non-hydrogen) atoms. The summed E-state index contributed by atoms with van der Waals surface area (Å²) in [6.45, 7) is 0. The van der Waals surface area contributed by atoms with Gasteiger partial charge in [0.05, 0.1) is 6.42 Å². The van der Waals surface area contributed by atoms with Crippen molar-refractivity contribution in [1.82, 2.24) is 4.90 Å². The van der Waals surface area contributed by atoms with Gasteiger partial charge in [-0.2, -0.15) is 0 Å². The van der Waals surface area contributed by atoms with Crippen molar-refractivity contribution in [2.24, 2.45) is 0 Å². The molecule has 112 valence electrons. The maximum absolute atomic E-state index is 12.5. The van der Waals surface area contributed by atoms with Gasteiger partial charge in [-0.15, -0.1) is 0 Å². The van der Waals surface area contributed by atoms with Gasteiger partial charge in [-0.3, -0.25) is 14.5 Å². The summed E-state index contributed by atoms with van der Waals surface area (Å²) >= 11 is 2.24. The van der Waals surface area contributed by atoms with Crippen molar-refractivity contribution in [2.75, 3.05) is 5.32 Å². The van der Waals surface area contributed by atoms with Crippen LogP contribution in [0.15, 0.2) is 24.3 Å². The zero-order valence-corrected chi connectivity index (χ0v) is 14.0. The molecule has 1 aromatic rings. The first-order chi connectivity index (χ1) is 10.1. The molecule has 4 nitrogen and oxygen atoms in total. The number of nitrogens with one attached hydrogen (secondary N) is 1. The molecule has 3 rings (SSSR count). The Morgan fingerprint density at radius 2 is 1.71 bits per heavy atom. The summed E-state index contributed by atoms with van der Waals surface area (Å²) in [7, 11) is 0. The number of carbonyl (C=O) groups is 2. The lowest BCUT2D eigenvalue weighted by molar-refractivity contribution is -0.141. The third-order valence-electron chi connectivity index (χ3n) is 4.31. The third kappa shape index (κ3) is 3.22. The standard InChI is InChI=1S/C16H19IN2O2/c17-11-6-8-12(9-7-11)18-14-10-15(20)19(16(14)21)13-4-2-1-3-5-13/h6-9,13-14,18H,1-5,10H2. The van der Waals surface area contributed by atoms with Crippen LogP contribution in [0.1, 0.15) is 38.5 Å². The van der Waals surface area contributed by atoms with Crippen molar-refractivity contribution in [3.05, 3.63) is 27.8 Å². The second-order valence-electron chi connectivity index (χ2n) is 5.80. The average Bonchev–Trinajstić information content (AvgIpc) is 2.77. The zero-order chi connectivity index (χ0) is 14.8. The molecule has 1 heterocycles. The fourth-order valence-electron chi connectivity index (χ4n) is 3.23. The van der Waals surface area contributed by atoms with E-state index in [9.17, 15) is 9.59 Å². The number of imide groups is 1. The molecule has 0 spiro atoms. The molecule has 2 fully saturated rings. The van der Waals surface area contributed by atoms with E-state index >= 15 is 0 Å². The molecule has 1 aliphatic heterocycles. The summed E-state index contributed by atoms with van der Waals surface area (Å²) in [6, 6.07) is 7.60. The quantitative estimate of drug-likeness (QED) is 0.629. The molecule has 1 unspecified atom stereocenters. The Morgan fingerprint density at radius 3 is 2.38 bits per heavy atom. The van der Waals surface area contributed by atoms with E-state index in [-0.39, 0.29) is 24.3 Å². The third-order valence-corrected chi connectivity index (χ3v) is 5.03. The van der Waals surface area contributed by atoms with Crippen LogP contribution in [0.25, 0.3) is 0 Å². The second-order valence-corrected chi connectivity index (χ2v) is 7.05. The number of anilines is 1. The average molecular weight is 398 g/mol. The van der Waals surface area contributed by atoms with E-state index in [0.717, 1.165) is 34.9 Å². The SMILES string of the molecule is O=C1CC(Nc2ccc(I)cc2)C(=O)N1C1CCCCC1. The van der Waals surface area contributed by atoms with E-state index in [1.165, 1.54) is 11.3 Å². The minimum Gasteiger partial charge on any atom is -0.373 e. The van der Waals surface area contributed by atoms with E-state index in [2.05, 4.69) is 27.9 Å². The molecule has 1 atom stereocenters. The molecule has 1 N–H and O–H groups in total. The largest absolute Gasteiger partial charge is 0.373 e. The van der Waals surface area contributed by atoms with Crippen molar-refractivity contribution >= 4 is 40.1 Å². The van der Waals surface area contributed by atoms with Crippen molar-refractivity contribution < 1.29 is 9.59 Å².